The maximum atomic E-state index is 12.1. The van der Waals surface area contributed by atoms with Crippen LogP contribution in [0.3, 0.4) is 0 Å². The number of carbonyl (C=O) groups excluding carboxylic acids is 1. The molecule has 0 atom stereocenters. The summed E-state index contributed by atoms with van der Waals surface area (Å²) in [7, 11) is 0. The molecule has 1 aliphatic heterocycles. The van der Waals surface area contributed by atoms with Crippen LogP contribution in [0.4, 0.5) is 5.69 Å². The number of nitrogens with zero attached hydrogens (tertiary/aromatic N) is 2. The van der Waals surface area contributed by atoms with Crippen LogP contribution in [0.25, 0.3) is 6.08 Å². The van der Waals surface area contributed by atoms with Gasteiger partial charge in [-0.1, -0.05) is 45.0 Å². The summed E-state index contributed by atoms with van der Waals surface area (Å²) in [4.78, 5) is 26.7. The highest BCUT2D eigenvalue weighted by molar-refractivity contribution is 6.12. The van der Waals surface area contributed by atoms with E-state index < -0.39 is 10.9 Å². The number of nitro groups is 1. The molecule has 0 unspecified atom stereocenters. The van der Waals surface area contributed by atoms with Gasteiger partial charge in [0.15, 0.2) is 5.70 Å². The van der Waals surface area contributed by atoms with Gasteiger partial charge in [0.2, 0.25) is 5.90 Å². The monoisotopic (exact) mass is 350 g/mol. The van der Waals surface area contributed by atoms with E-state index in [1.54, 1.807) is 12.1 Å². The molecule has 3 rings (SSSR count). The van der Waals surface area contributed by atoms with E-state index in [2.05, 4.69) is 25.8 Å². The van der Waals surface area contributed by atoms with Gasteiger partial charge in [-0.2, -0.15) is 0 Å². The average molecular weight is 350 g/mol. The first-order valence-electron chi connectivity index (χ1n) is 8.12. The number of nitro benzene ring substituents is 1. The number of carbonyl (C=O) groups is 1. The maximum Gasteiger partial charge on any atom is 0.363 e. The molecule has 2 aromatic carbocycles. The fourth-order valence-electron chi connectivity index (χ4n) is 2.53. The van der Waals surface area contributed by atoms with E-state index >= 15 is 0 Å². The normalized spacial score (nSPS) is 15.7. The summed E-state index contributed by atoms with van der Waals surface area (Å²) in [5.74, 6) is -0.349. The fourth-order valence-corrected chi connectivity index (χ4v) is 2.53. The van der Waals surface area contributed by atoms with Crippen molar-refractivity contribution in [1.82, 2.24) is 0 Å². The minimum Gasteiger partial charge on any atom is -0.402 e. The molecule has 0 fully saturated rings. The highest BCUT2D eigenvalue weighted by Crippen LogP contribution is 2.25. The molecular weight excluding hydrogens is 332 g/mol. The molecule has 0 amide bonds. The Balaban J connectivity index is 1.89. The van der Waals surface area contributed by atoms with Crippen LogP contribution < -0.4 is 0 Å². The molecule has 0 aromatic heterocycles. The zero-order chi connectivity index (χ0) is 18.9. The molecule has 6 nitrogen and oxygen atoms in total. The first-order valence-corrected chi connectivity index (χ1v) is 8.12. The number of benzene rings is 2. The molecule has 0 spiro atoms. The number of hydrogen-bond acceptors (Lipinski definition) is 5. The van der Waals surface area contributed by atoms with Gasteiger partial charge in [-0.3, -0.25) is 10.1 Å². The zero-order valence-electron chi connectivity index (χ0n) is 14.7. The molecule has 1 heterocycles. The quantitative estimate of drug-likeness (QED) is 0.359. The van der Waals surface area contributed by atoms with Gasteiger partial charge in [0.05, 0.1) is 4.92 Å². The van der Waals surface area contributed by atoms with Crippen LogP contribution >= 0.6 is 0 Å². The fraction of sp³-hybridized carbons (Fsp3) is 0.200. The first kappa shape index (κ1) is 17.5. The second-order valence-corrected chi connectivity index (χ2v) is 7.02. The Bertz CT molecular complexity index is 935. The van der Waals surface area contributed by atoms with Gasteiger partial charge < -0.3 is 4.74 Å². The van der Waals surface area contributed by atoms with Gasteiger partial charge in [-0.25, -0.2) is 9.79 Å². The molecule has 6 heteroatoms. The van der Waals surface area contributed by atoms with Crippen molar-refractivity contribution in [3.05, 3.63) is 81.0 Å². The SMILES string of the molecule is CC(C)(C)c1ccc(C2=NC(=Cc3cccc([N+](=O)[O-])c3)C(=O)O2)cc1. The van der Waals surface area contributed by atoms with Crippen LogP contribution in [0.1, 0.15) is 37.5 Å². The smallest absolute Gasteiger partial charge is 0.363 e. The van der Waals surface area contributed by atoms with Crippen molar-refractivity contribution in [3.8, 4) is 0 Å². The Morgan fingerprint density at radius 3 is 2.42 bits per heavy atom. The Kier molecular flexibility index (Phi) is 4.42. The summed E-state index contributed by atoms with van der Waals surface area (Å²) in [6, 6.07) is 13.7. The molecule has 0 saturated heterocycles. The third-order valence-electron chi connectivity index (χ3n) is 4.00. The molecule has 0 N–H and O–H groups in total. The van der Waals surface area contributed by atoms with Gasteiger partial charge in [-0.05, 0) is 34.8 Å². The van der Waals surface area contributed by atoms with E-state index in [1.165, 1.54) is 23.8 Å². The zero-order valence-corrected chi connectivity index (χ0v) is 14.7. The summed E-state index contributed by atoms with van der Waals surface area (Å²) in [6.07, 6.45) is 1.48. The molecular formula is C20H18N2O4. The van der Waals surface area contributed by atoms with Gasteiger partial charge in [-0.15, -0.1) is 0 Å². The number of esters is 1. The number of aliphatic imine (C=N–C) groups is 1. The molecule has 26 heavy (non-hydrogen) atoms. The van der Waals surface area contributed by atoms with Crippen LogP contribution in [0.15, 0.2) is 59.2 Å². The molecule has 132 valence electrons. The summed E-state index contributed by atoms with van der Waals surface area (Å²) >= 11 is 0. The summed E-state index contributed by atoms with van der Waals surface area (Å²) in [5.41, 5.74) is 2.47. The number of ether oxygens (including phenoxy) is 1. The van der Waals surface area contributed by atoms with E-state index in [0.717, 1.165) is 0 Å². The molecule has 0 radical (unpaired) electrons. The van der Waals surface area contributed by atoms with Gasteiger partial charge in [0.25, 0.3) is 5.69 Å². The predicted molar refractivity (Wildman–Crippen MR) is 98.8 cm³/mol. The third-order valence-corrected chi connectivity index (χ3v) is 4.00. The number of rotatable bonds is 3. The Morgan fingerprint density at radius 2 is 1.81 bits per heavy atom. The predicted octanol–water partition coefficient (Wildman–Crippen LogP) is 4.24. The van der Waals surface area contributed by atoms with Crippen molar-refractivity contribution in [2.75, 3.05) is 0 Å². The topological polar surface area (TPSA) is 81.8 Å². The van der Waals surface area contributed by atoms with Gasteiger partial charge in [0.1, 0.15) is 0 Å². The average Bonchev–Trinajstić information content (AvgIpc) is 2.95. The van der Waals surface area contributed by atoms with Crippen molar-refractivity contribution in [2.24, 2.45) is 4.99 Å². The lowest BCUT2D eigenvalue weighted by Crippen LogP contribution is -2.11. The van der Waals surface area contributed by atoms with Crippen LogP contribution in [-0.4, -0.2) is 16.8 Å². The van der Waals surface area contributed by atoms with Crippen molar-refractivity contribution >= 4 is 23.6 Å². The second kappa shape index (κ2) is 6.55. The Morgan fingerprint density at radius 1 is 1.12 bits per heavy atom. The van der Waals surface area contributed by atoms with Crippen LogP contribution in [0.5, 0.6) is 0 Å². The van der Waals surface area contributed by atoms with Crippen LogP contribution in [0, 0.1) is 10.1 Å². The largest absolute Gasteiger partial charge is 0.402 e. The lowest BCUT2D eigenvalue weighted by atomic mass is 9.87. The van der Waals surface area contributed by atoms with Gasteiger partial charge in [0, 0.05) is 17.7 Å². The van der Waals surface area contributed by atoms with Crippen molar-refractivity contribution in [2.45, 2.75) is 26.2 Å². The third kappa shape index (κ3) is 3.69. The Labute approximate surface area is 151 Å². The molecule has 0 saturated carbocycles. The molecule has 1 aliphatic rings. The van der Waals surface area contributed by atoms with Crippen LogP contribution in [-0.2, 0) is 14.9 Å². The van der Waals surface area contributed by atoms with E-state index in [-0.39, 0.29) is 22.7 Å². The van der Waals surface area contributed by atoms with E-state index in [4.69, 9.17) is 4.74 Å². The summed E-state index contributed by atoms with van der Waals surface area (Å²) < 4.78 is 5.24. The lowest BCUT2D eigenvalue weighted by Gasteiger charge is -2.18. The standard InChI is InChI=1S/C20H18N2O4/c1-20(2,3)15-9-7-14(8-10-15)18-21-17(19(23)26-18)12-13-5-4-6-16(11-13)22(24)25/h4-12H,1-3H3. The molecule has 2 aromatic rings. The molecule has 0 aliphatic carbocycles. The summed E-state index contributed by atoms with van der Waals surface area (Å²) in [5, 5.41) is 10.9. The maximum absolute atomic E-state index is 12.1. The minimum atomic E-state index is -0.577. The van der Waals surface area contributed by atoms with Crippen LogP contribution in [0.2, 0.25) is 0 Å². The lowest BCUT2D eigenvalue weighted by molar-refractivity contribution is -0.384. The minimum absolute atomic E-state index is 0.0276. The van der Waals surface area contributed by atoms with E-state index in [1.807, 2.05) is 24.3 Å². The molecule has 0 bridgehead atoms. The van der Waals surface area contributed by atoms with E-state index in [0.29, 0.717) is 11.1 Å². The van der Waals surface area contributed by atoms with Crippen molar-refractivity contribution < 1.29 is 14.5 Å². The summed E-state index contributed by atoms with van der Waals surface area (Å²) in [6.45, 7) is 6.36. The number of hydrogen-bond donors (Lipinski definition) is 0. The highest BCUT2D eigenvalue weighted by atomic mass is 16.6. The Hall–Kier alpha value is -3.28. The number of non-ortho nitro benzene ring substituents is 1. The van der Waals surface area contributed by atoms with Gasteiger partial charge >= 0.3 is 5.97 Å². The van der Waals surface area contributed by atoms with Crippen molar-refractivity contribution in [1.29, 1.82) is 0 Å². The van der Waals surface area contributed by atoms with Crippen molar-refractivity contribution in [3.63, 3.8) is 0 Å². The number of cyclic esters (lactones) is 1. The van der Waals surface area contributed by atoms with E-state index in [9.17, 15) is 14.9 Å². The first-order chi connectivity index (χ1) is 12.2. The second-order valence-electron chi connectivity index (χ2n) is 7.02. The highest BCUT2D eigenvalue weighted by Gasteiger charge is 2.24.